The molecule has 2 rings (SSSR count). The Balaban J connectivity index is 2.21. The van der Waals surface area contributed by atoms with Crippen LogP contribution in [0.4, 0.5) is 16.2 Å². The van der Waals surface area contributed by atoms with E-state index in [0.29, 0.717) is 25.7 Å². The van der Waals surface area contributed by atoms with Gasteiger partial charge in [0.2, 0.25) is 5.95 Å². The Kier molecular flexibility index (Phi) is 4.86. The molecule has 7 heteroatoms. The zero-order valence-corrected chi connectivity index (χ0v) is 11.0. The highest BCUT2D eigenvalue weighted by Crippen LogP contribution is 2.21. The fraction of sp³-hybridized carbons (Fsp3) is 0.667. The number of ether oxygens (including phenoxy) is 1. The maximum absolute atomic E-state index is 13.9. The molecule has 1 aliphatic heterocycles. The number of aliphatic hydroxyl groups is 1. The van der Waals surface area contributed by atoms with E-state index in [2.05, 4.69) is 15.3 Å². The summed E-state index contributed by atoms with van der Waals surface area (Å²) in [5.74, 6) is 0.139. The fourth-order valence-corrected chi connectivity index (χ4v) is 1.97. The van der Waals surface area contributed by atoms with Crippen molar-refractivity contribution in [2.45, 2.75) is 19.4 Å². The molecular formula is C12H19FN4O2. The molecule has 0 aromatic carbocycles. The second-order valence-electron chi connectivity index (χ2n) is 4.40. The number of nitrogens with zero attached hydrogens (tertiary/aromatic N) is 3. The molecule has 1 atom stereocenters. The van der Waals surface area contributed by atoms with E-state index in [9.17, 15) is 9.50 Å². The monoisotopic (exact) mass is 270 g/mol. The molecule has 0 saturated carbocycles. The van der Waals surface area contributed by atoms with Crippen LogP contribution >= 0.6 is 0 Å². The highest BCUT2D eigenvalue weighted by molar-refractivity contribution is 5.45. The summed E-state index contributed by atoms with van der Waals surface area (Å²) in [7, 11) is 0. The van der Waals surface area contributed by atoms with Gasteiger partial charge in [-0.25, -0.2) is 9.37 Å². The van der Waals surface area contributed by atoms with Gasteiger partial charge in [-0.15, -0.1) is 0 Å². The number of hydrogen-bond acceptors (Lipinski definition) is 6. The predicted molar refractivity (Wildman–Crippen MR) is 69.8 cm³/mol. The summed E-state index contributed by atoms with van der Waals surface area (Å²) < 4.78 is 19.1. The van der Waals surface area contributed by atoms with Gasteiger partial charge >= 0.3 is 0 Å². The van der Waals surface area contributed by atoms with Crippen LogP contribution < -0.4 is 10.2 Å². The molecule has 0 bridgehead atoms. The quantitative estimate of drug-likeness (QED) is 0.818. The third-order valence-electron chi connectivity index (χ3n) is 2.97. The average molecular weight is 270 g/mol. The van der Waals surface area contributed by atoms with Crippen LogP contribution in [0.15, 0.2) is 6.20 Å². The minimum Gasteiger partial charge on any atom is -0.394 e. The number of aliphatic hydroxyl groups excluding tert-OH is 1. The van der Waals surface area contributed by atoms with E-state index in [4.69, 9.17) is 4.74 Å². The van der Waals surface area contributed by atoms with E-state index in [1.54, 1.807) is 4.90 Å². The van der Waals surface area contributed by atoms with E-state index >= 15 is 0 Å². The first-order chi connectivity index (χ1) is 9.26. The van der Waals surface area contributed by atoms with E-state index in [1.165, 1.54) is 0 Å². The summed E-state index contributed by atoms with van der Waals surface area (Å²) in [6, 6.07) is -0.267. The van der Waals surface area contributed by atoms with Crippen LogP contribution in [-0.2, 0) is 4.74 Å². The Morgan fingerprint density at radius 3 is 3.21 bits per heavy atom. The molecule has 2 N–H and O–H groups in total. The summed E-state index contributed by atoms with van der Waals surface area (Å²) in [4.78, 5) is 9.83. The molecule has 2 heterocycles. The van der Waals surface area contributed by atoms with Crippen molar-refractivity contribution in [3.05, 3.63) is 12.0 Å². The Hall–Kier alpha value is -1.47. The van der Waals surface area contributed by atoms with Crippen molar-refractivity contribution in [1.82, 2.24) is 9.97 Å². The third kappa shape index (κ3) is 3.30. The summed E-state index contributed by atoms with van der Waals surface area (Å²) in [5, 5.41) is 12.3. The van der Waals surface area contributed by atoms with Crippen LogP contribution in [0, 0.1) is 5.82 Å². The van der Waals surface area contributed by atoms with E-state index in [1.807, 2.05) is 6.92 Å². The standard InChI is InChI=1S/C12H19FN4O2/c1-2-3-14-12-15-6-10(13)11(16-12)17-4-5-19-8-9(17)7-18/h6,9,18H,2-5,7-8H2,1H3,(H,14,15,16). The lowest BCUT2D eigenvalue weighted by atomic mass is 10.2. The van der Waals surface area contributed by atoms with Gasteiger partial charge in [-0.2, -0.15) is 4.98 Å². The minimum absolute atomic E-state index is 0.0961. The molecule has 1 unspecified atom stereocenters. The van der Waals surface area contributed by atoms with Gasteiger partial charge in [0, 0.05) is 13.1 Å². The first kappa shape index (κ1) is 14.0. The smallest absolute Gasteiger partial charge is 0.224 e. The number of anilines is 2. The number of rotatable bonds is 5. The minimum atomic E-state index is -0.484. The largest absolute Gasteiger partial charge is 0.394 e. The van der Waals surface area contributed by atoms with Gasteiger partial charge in [-0.1, -0.05) is 6.92 Å². The van der Waals surface area contributed by atoms with Crippen molar-refractivity contribution < 1.29 is 14.2 Å². The van der Waals surface area contributed by atoms with Crippen molar-refractivity contribution in [2.24, 2.45) is 0 Å². The lowest BCUT2D eigenvalue weighted by molar-refractivity contribution is 0.0719. The Morgan fingerprint density at radius 2 is 2.47 bits per heavy atom. The molecule has 106 valence electrons. The van der Waals surface area contributed by atoms with Crippen LogP contribution in [0.3, 0.4) is 0 Å². The van der Waals surface area contributed by atoms with Crippen molar-refractivity contribution in [3.8, 4) is 0 Å². The molecule has 1 aliphatic rings. The lowest BCUT2D eigenvalue weighted by Gasteiger charge is -2.35. The van der Waals surface area contributed by atoms with E-state index in [0.717, 1.165) is 19.2 Å². The number of nitrogens with one attached hydrogen (secondary N) is 1. The van der Waals surface area contributed by atoms with Crippen LogP contribution in [0.5, 0.6) is 0 Å². The van der Waals surface area contributed by atoms with E-state index < -0.39 is 5.82 Å². The molecule has 1 aromatic rings. The van der Waals surface area contributed by atoms with Gasteiger partial charge in [0.05, 0.1) is 32.1 Å². The van der Waals surface area contributed by atoms with Gasteiger partial charge in [0.15, 0.2) is 11.6 Å². The second-order valence-corrected chi connectivity index (χ2v) is 4.40. The Morgan fingerprint density at radius 1 is 1.63 bits per heavy atom. The van der Waals surface area contributed by atoms with Crippen molar-refractivity contribution >= 4 is 11.8 Å². The molecule has 0 amide bonds. The summed E-state index contributed by atoms with van der Waals surface area (Å²) in [6.45, 7) is 4.04. The zero-order valence-electron chi connectivity index (χ0n) is 11.0. The second kappa shape index (κ2) is 6.63. The van der Waals surface area contributed by atoms with Crippen LogP contribution in [0.25, 0.3) is 0 Å². The normalized spacial score (nSPS) is 19.5. The molecule has 6 nitrogen and oxygen atoms in total. The summed E-state index contributed by atoms with van der Waals surface area (Å²) in [6.07, 6.45) is 2.09. The first-order valence-electron chi connectivity index (χ1n) is 6.48. The topological polar surface area (TPSA) is 70.5 Å². The molecule has 19 heavy (non-hydrogen) atoms. The zero-order chi connectivity index (χ0) is 13.7. The lowest BCUT2D eigenvalue weighted by Crippen LogP contribution is -2.48. The maximum Gasteiger partial charge on any atom is 0.224 e. The number of hydrogen-bond donors (Lipinski definition) is 2. The maximum atomic E-state index is 13.9. The molecule has 0 spiro atoms. The van der Waals surface area contributed by atoms with Crippen molar-refractivity contribution in [3.63, 3.8) is 0 Å². The van der Waals surface area contributed by atoms with Crippen molar-refractivity contribution in [2.75, 3.05) is 43.1 Å². The molecule has 1 saturated heterocycles. The van der Waals surface area contributed by atoms with Gasteiger partial charge in [0.25, 0.3) is 0 Å². The molecule has 0 aliphatic carbocycles. The average Bonchev–Trinajstić information content (AvgIpc) is 2.46. The predicted octanol–water partition coefficient (Wildman–Crippen LogP) is 0.635. The van der Waals surface area contributed by atoms with Crippen LogP contribution in [0.1, 0.15) is 13.3 Å². The summed E-state index contributed by atoms with van der Waals surface area (Å²) >= 11 is 0. The summed E-state index contributed by atoms with van der Waals surface area (Å²) in [5.41, 5.74) is 0. The highest BCUT2D eigenvalue weighted by atomic mass is 19.1. The van der Waals surface area contributed by atoms with Crippen molar-refractivity contribution in [1.29, 1.82) is 0 Å². The van der Waals surface area contributed by atoms with E-state index in [-0.39, 0.29) is 18.5 Å². The van der Waals surface area contributed by atoms with Gasteiger partial charge in [0.1, 0.15) is 0 Å². The highest BCUT2D eigenvalue weighted by Gasteiger charge is 2.26. The Labute approximate surface area is 111 Å². The molecule has 1 aromatic heterocycles. The Bertz CT molecular complexity index is 419. The fourth-order valence-electron chi connectivity index (χ4n) is 1.97. The third-order valence-corrected chi connectivity index (χ3v) is 2.97. The van der Waals surface area contributed by atoms with Gasteiger partial charge in [-0.05, 0) is 6.42 Å². The molecular weight excluding hydrogens is 251 g/mol. The first-order valence-corrected chi connectivity index (χ1v) is 6.48. The van der Waals surface area contributed by atoms with Crippen LogP contribution in [-0.4, -0.2) is 54.0 Å². The number of aromatic nitrogens is 2. The number of halogens is 1. The molecule has 0 radical (unpaired) electrons. The van der Waals surface area contributed by atoms with Crippen LogP contribution in [0.2, 0.25) is 0 Å². The molecule has 1 fully saturated rings. The SMILES string of the molecule is CCCNc1ncc(F)c(N2CCOCC2CO)n1. The number of morpholine rings is 1. The van der Waals surface area contributed by atoms with Gasteiger partial charge in [-0.3, -0.25) is 0 Å². The van der Waals surface area contributed by atoms with Gasteiger partial charge < -0.3 is 20.1 Å².